The molecule has 7 aromatic rings. The maximum absolute atomic E-state index is 16.0. The van der Waals surface area contributed by atoms with Gasteiger partial charge in [0.05, 0.1) is 27.7 Å². The Hall–Kier alpha value is -5.92. The lowest BCUT2D eigenvalue weighted by molar-refractivity contribution is -0.870. The summed E-state index contributed by atoms with van der Waals surface area (Å²) in [7, 11) is 6.26. The van der Waals surface area contributed by atoms with E-state index in [2.05, 4.69) is 51.5 Å². The summed E-state index contributed by atoms with van der Waals surface area (Å²) in [6, 6.07) is 51.8. The molecule has 7 heteroatoms. The minimum atomic E-state index is -4.60. The molecule has 0 bridgehead atoms. The second-order valence-electron chi connectivity index (χ2n) is 18.0. The van der Waals surface area contributed by atoms with E-state index in [0.717, 1.165) is 67.5 Å². The molecule has 2 unspecified atom stereocenters. The number of benzene rings is 7. The summed E-state index contributed by atoms with van der Waals surface area (Å²) in [5.41, 5.74) is 4.24. The number of hydrogen-bond donors (Lipinski definition) is 0. The molecule has 0 N–H and O–H groups in total. The van der Waals surface area contributed by atoms with Crippen molar-refractivity contribution >= 4 is 0 Å². The van der Waals surface area contributed by atoms with Gasteiger partial charge in [-0.2, -0.15) is 26.3 Å². The van der Waals surface area contributed by atoms with Crippen LogP contribution in [-0.4, -0.2) is 44.5 Å². The van der Waals surface area contributed by atoms with E-state index in [1.165, 1.54) is 31.2 Å². The van der Waals surface area contributed by atoms with E-state index in [9.17, 15) is 13.2 Å². The predicted molar refractivity (Wildman–Crippen MR) is 247 cm³/mol. The van der Waals surface area contributed by atoms with Gasteiger partial charge in [0.15, 0.2) is 0 Å². The van der Waals surface area contributed by atoms with E-state index in [1.807, 2.05) is 49.4 Å². The number of quaternary nitrogens is 1. The lowest BCUT2D eigenvalue weighted by Crippen LogP contribution is -2.43. The standard InChI is InChI=1S/C56H54F6N/c1-40-20-22-41(23-21-40)45-14-12-16-47(38-45)43-26-32-51(33-27-43)54(56(60,61)62,36-10-7-11-37-63(3,4)5)52-34-28-44(29-35-52)48-17-13-15-46(39-48)42-24-30-50(31-25-42)53(2,55(57,58)59)49-18-8-6-9-19-49/h6,8-9,12-35,38-39H,7,10-11,36-37H2,1-5H3/q+1. The van der Waals surface area contributed by atoms with Crippen molar-refractivity contribution in [1.29, 1.82) is 0 Å². The molecule has 0 amide bonds. The molecule has 0 saturated carbocycles. The predicted octanol–water partition coefficient (Wildman–Crippen LogP) is 15.6. The van der Waals surface area contributed by atoms with E-state index >= 15 is 13.2 Å². The zero-order valence-corrected chi connectivity index (χ0v) is 36.5. The van der Waals surface area contributed by atoms with Crippen LogP contribution in [0.2, 0.25) is 0 Å². The lowest BCUT2D eigenvalue weighted by atomic mass is 9.70. The molecule has 0 aliphatic heterocycles. The molecule has 0 aliphatic carbocycles. The van der Waals surface area contributed by atoms with Gasteiger partial charge in [0, 0.05) is 0 Å². The van der Waals surface area contributed by atoms with Crippen LogP contribution in [0.25, 0.3) is 44.5 Å². The van der Waals surface area contributed by atoms with Gasteiger partial charge in [0.2, 0.25) is 0 Å². The van der Waals surface area contributed by atoms with Crippen molar-refractivity contribution in [3.05, 3.63) is 204 Å². The maximum atomic E-state index is 16.0. The Morgan fingerprint density at radius 2 is 0.762 bits per heavy atom. The monoisotopic (exact) mass is 854 g/mol. The highest BCUT2D eigenvalue weighted by Gasteiger charge is 2.56. The van der Waals surface area contributed by atoms with Crippen molar-refractivity contribution in [1.82, 2.24) is 0 Å². The zero-order chi connectivity index (χ0) is 45.0. The van der Waals surface area contributed by atoms with Crippen LogP contribution in [-0.2, 0) is 10.8 Å². The molecular formula is C56H54F6N+. The molecule has 0 radical (unpaired) electrons. The molecule has 63 heavy (non-hydrogen) atoms. The molecule has 0 fully saturated rings. The Bertz CT molecular complexity index is 2590. The zero-order valence-electron chi connectivity index (χ0n) is 36.5. The number of alkyl halides is 6. The molecule has 2 atom stereocenters. The van der Waals surface area contributed by atoms with Gasteiger partial charge in [-0.15, -0.1) is 0 Å². The molecule has 0 heterocycles. The van der Waals surface area contributed by atoms with Crippen LogP contribution in [0.4, 0.5) is 26.3 Å². The van der Waals surface area contributed by atoms with Crippen LogP contribution in [0.15, 0.2) is 176 Å². The van der Waals surface area contributed by atoms with Gasteiger partial charge in [0.1, 0.15) is 10.8 Å². The molecule has 7 rings (SSSR count). The van der Waals surface area contributed by atoms with Crippen LogP contribution in [0.3, 0.4) is 0 Å². The fourth-order valence-corrected chi connectivity index (χ4v) is 8.74. The summed E-state index contributed by atoms with van der Waals surface area (Å²) in [6.45, 7) is 4.11. The smallest absolute Gasteiger partial charge is 0.331 e. The van der Waals surface area contributed by atoms with E-state index in [4.69, 9.17) is 0 Å². The lowest BCUT2D eigenvalue weighted by Gasteiger charge is -2.37. The topological polar surface area (TPSA) is 0 Å². The molecule has 0 aromatic heterocycles. The first kappa shape index (κ1) is 45.1. The Morgan fingerprint density at radius 1 is 0.381 bits per heavy atom. The van der Waals surface area contributed by atoms with Gasteiger partial charge in [-0.3, -0.25) is 0 Å². The van der Waals surface area contributed by atoms with Gasteiger partial charge in [-0.1, -0.05) is 176 Å². The van der Waals surface area contributed by atoms with E-state index in [0.29, 0.717) is 12.8 Å². The SMILES string of the molecule is Cc1ccc(-c2cccc(-c3ccc(C(CCCCC[N+](C)(C)C)(c4ccc(-c5cccc(-c6ccc(C(C)(c7ccccc7)C(F)(F)F)cc6)c5)cc4)C(F)(F)F)cc3)c2)cc1. The number of nitrogens with zero attached hydrogens (tertiary/aromatic N) is 1. The van der Waals surface area contributed by atoms with Crippen LogP contribution in [0, 0.1) is 6.92 Å². The molecule has 7 aromatic carbocycles. The minimum absolute atomic E-state index is 0.0988. The van der Waals surface area contributed by atoms with Gasteiger partial charge in [-0.25, -0.2) is 0 Å². The Labute approximate surface area is 368 Å². The maximum Gasteiger partial charge on any atom is 0.402 e. The first-order valence-corrected chi connectivity index (χ1v) is 21.5. The molecule has 0 saturated heterocycles. The van der Waals surface area contributed by atoms with Crippen LogP contribution < -0.4 is 0 Å². The average molecular weight is 855 g/mol. The Balaban J connectivity index is 1.20. The molecule has 1 nitrogen and oxygen atoms in total. The Morgan fingerprint density at radius 3 is 1.14 bits per heavy atom. The summed E-state index contributed by atoms with van der Waals surface area (Å²) in [5.74, 6) is 0. The number of hydrogen-bond acceptors (Lipinski definition) is 0. The molecule has 0 spiro atoms. The third kappa shape index (κ3) is 9.69. The minimum Gasteiger partial charge on any atom is -0.331 e. The van der Waals surface area contributed by atoms with Gasteiger partial charge in [-0.05, 0) is 112 Å². The van der Waals surface area contributed by atoms with Crippen molar-refractivity contribution in [2.24, 2.45) is 0 Å². The van der Waals surface area contributed by atoms with Crippen molar-refractivity contribution < 1.29 is 30.8 Å². The van der Waals surface area contributed by atoms with Crippen molar-refractivity contribution in [3.8, 4) is 44.5 Å². The van der Waals surface area contributed by atoms with Crippen molar-refractivity contribution in [3.63, 3.8) is 0 Å². The van der Waals surface area contributed by atoms with Crippen LogP contribution >= 0.6 is 0 Å². The summed E-state index contributed by atoms with van der Waals surface area (Å²) in [6.07, 6.45) is -7.34. The quantitative estimate of drug-likeness (QED) is 0.0581. The van der Waals surface area contributed by atoms with E-state index in [1.54, 1.807) is 78.9 Å². The van der Waals surface area contributed by atoms with Crippen molar-refractivity contribution in [2.75, 3.05) is 27.7 Å². The molecule has 0 aliphatic rings. The highest BCUT2D eigenvalue weighted by Crippen LogP contribution is 2.51. The number of unbranched alkanes of at least 4 members (excludes halogenated alkanes) is 2. The van der Waals surface area contributed by atoms with E-state index in [-0.39, 0.29) is 28.7 Å². The van der Waals surface area contributed by atoms with Crippen LogP contribution in [0.1, 0.15) is 60.4 Å². The normalized spacial score (nSPS) is 14.2. The van der Waals surface area contributed by atoms with Gasteiger partial charge < -0.3 is 4.48 Å². The van der Waals surface area contributed by atoms with Crippen LogP contribution in [0.5, 0.6) is 0 Å². The number of rotatable bonds is 14. The van der Waals surface area contributed by atoms with Crippen molar-refractivity contribution in [2.45, 2.75) is 62.7 Å². The number of halogens is 6. The summed E-state index contributed by atoms with van der Waals surface area (Å²) in [4.78, 5) is 0. The average Bonchev–Trinajstić information content (AvgIpc) is 3.27. The first-order valence-electron chi connectivity index (χ1n) is 21.5. The highest BCUT2D eigenvalue weighted by atomic mass is 19.4. The second kappa shape index (κ2) is 18.1. The fourth-order valence-electron chi connectivity index (χ4n) is 8.74. The number of aryl methyl sites for hydroxylation is 1. The third-order valence-electron chi connectivity index (χ3n) is 12.6. The van der Waals surface area contributed by atoms with E-state index < -0.39 is 23.2 Å². The summed E-state index contributed by atoms with van der Waals surface area (Å²) in [5, 5.41) is 0. The fraction of sp³-hybridized carbons (Fsp3) is 0.250. The first-order chi connectivity index (χ1) is 29.9. The molecule has 324 valence electrons. The van der Waals surface area contributed by atoms with Gasteiger partial charge in [0.25, 0.3) is 0 Å². The summed E-state index contributed by atoms with van der Waals surface area (Å²) >= 11 is 0. The largest absolute Gasteiger partial charge is 0.402 e. The Kier molecular flexibility index (Phi) is 12.9. The summed E-state index contributed by atoms with van der Waals surface area (Å²) < 4.78 is 92.6. The second-order valence-corrected chi connectivity index (χ2v) is 18.0. The van der Waals surface area contributed by atoms with Gasteiger partial charge >= 0.3 is 12.4 Å². The third-order valence-corrected chi connectivity index (χ3v) is 12.6. The molecular weight excluding hydrogens is 801 g/mol. The highest BCUT2D eigenvalue weighted by molar-refractivity contribution is 5.75.